The summed E-state index contributed by atoms with van der Waals surface area (Å²) in [5, 5.41) is 3.90. The van der Waals surface area contributed by atoms with E-state index in [1.807, 2.05) is 30.3 Å². The van der Waals surface area contributed by atoms with Crippen molar-refractivity contribution in [2.24, 2.45) is 5.10 Å². The fourth-order valence-corrected chi connectivity index (χ4v) is 2.60. The molecule has 8 heteroatoms. The maximum Gasteiger partial charge on any atom is 0.336 e. The summed E-state index contributed by atoms with van der Waals surface area (Å²) in [6, 6.07) is 14.5. The summed E-state index contributed by atoms with van der Waals surface area (Å²) in [4.78, 5) is 31.8. The Bertz CT molecular complexity index is 1050. The van der Waals surface area contributed by atoms with Gasteiger partial charge in [-0.3, -0.25) is 9.78 Å². The molecule has 7 nitrogen and oxygen atoms in total. The molecule has 0 atom stereocenters. The van der Waals surface area contributed by atoms with Crippen molar-refractivity contribution in [1.29, 1.82) is 0 Å². The number of halogens is 1. The molecule has 0 bridgehead atoms. The van der Waals surface area contributed by atoms with Gasteiger partial charge >= 0.3 is 5.97 Å². The van der Waals surface area contributed by atoms with Gasteiger partial charge in [-0.05, 0) is 29.8 Å². The third-order valence-electron chi connectivity index (χ3n) is 3.56. The summed E-state index contributed by atoms with van der Waals surface area (Å²) < 4.78 is 6.15. The zero-order chi connectivity index (χ0) is 20.5. The van der Waals surface area contributed by atoms with Gasteiger partial charge in [-0.2, -0.15) is 5.10 Å². The van der Waals surface area contributed by atoms with Crippen molar-refractivity contribution < 1.29 is 14.3 Å². The number of hydrogen-bond acceptors (Lipinski definition) is 6. The lowest BCUT2D eigenvalue weighted by Gasteiger charge is -2.06. The Labute approximate surface area is 175 Å². The van der Waals surface area contributed by atoms with Crippen LogP contribution in [0.4, 0.5) is 0 Å². The first-order valence-electron chi connectivity index (χ1n) is 8.46. The van der Waals surface area contributed by atoms with Crippen molar-refractivity contribution >= 4 is 40.1 Å². The van der Waals surface area contributed by atoms with Gasteiger partial charge in [-0.25, -0.2) is 15.2 Å². The second-order valence-electron chi connectivity index (χ2n) is 5.64. The first-order valence-corrected chi connectivity index (χ1v) is 9.25. The highest BCUT2D eigenvalue weighted by Crippen LogP contribution is 2.22. The number of amides is 1. The number of hydrazone groups is 1. The highest BCUT2D eigenvalue weighted by atomic mass is 79.9. The number of rotatable bonds is 6. The fraction of sp³-hybridized carbons (Fsp3) is 0. The van der Waals surface area contributed by atoms with E-state index in [9.17, 15) is 9.59 Å². The monoisotopic (exact) mass is 450 g/mol. The van der Waals surface area contributed by atoms with Crippen LogP contribution in [0.3, 0.4) is 0 Å². The van der Waals surface area contributed by atoms with Gasteiger partial charge in [-0.1, -0.05) is 46.3 Å². The second kappa shape index (κ2) is 10.0. The van der Waals surface area contributed by atoms with E-state index in [1.54, 1.807) is 24.3 Å². The molecular formula is C21H15BrN4O3. The zero-order valence-corrected chi connectivity index (χ0v) is 16.6. The summed E-state index contributed by atoms with van der Waals surface area (Å²) in [5.41, 5.74) is 3.87. The molecule has 0 saturated heterocycles. The van der Waals surface area contributed by atoms with Crippen molar-refractivity contribution in [3.63, 3.8) is 0 Å². The van der Waals surface area contributed by atoms with Gasteiger partial charge < -0.3 is 4.74 Å². The third-order valence-corrected chi connectivity index (χ3v) is 4.05. The van der Waals surface area contributed by atoms with E-state index in [4.69, 9.17) is 4.74 Å². The number of nitrogens with one attached hydrogen (secondary N) is 1. The topological polar surface area (TPSA) is 93.5 Å². The fourth-order valence-electron chi connectivity index (χ4n) is 2.22. The van der Waals surface area contributed by atoms with Crippen LogP contribution in [0.1, 0.15) is 21.6 Å². The number of benzene rings is 2. The van der Waals surface area contributed by atoms with Crippen LogP contribution >= 0.6 is 15.9 Å². The van der Waals surface area contributed by atoms with Crippen LogP contribution in [-0.4, -0.2) is 28.1 Å². The van der Waals surface area contributed by atoms with Crippen molar-refractivity contribution in [2.45, 2.75) is 0 Å². The first-order chi connectivity index (χ1) is 14.1. The van der Waals surface area contributed by atoms with Crippen LogP contribution in [0.5, 0.6) is 5.75 Å². The van der Waals surface area contributed by atoms with Crippen LogP contribution in [0.15, 0.2) is 82.8 Å². The summed E-state index contributed by atoms with van der Waals surface area (Å²) >= 11 is 3.36. The quantitative estimate of drug-likeness (QED) is 0.203. The van der Waals surface area contributed by atoms with Crippen molar-refractivity contribution in [3.05, 3.63) is 94.5 Å². The molecule has 0 radical (unpaired) electrons. The Morgan fingerprint density at radius 2 is 1.93 bits per heavy atom. The van der Waals surface area contributed by atoms with Gasteiger partial charge in [0.15, 0.2) is 0 Å². The SMILES string of the molecule is O=C(/C=C/c1ccccc1)Oc1ccc(Br)cc1/C=N\NC(=O)c1cnccn1. The molecular weight excluding hydrogens is 436 g/mol. The van der Waals surface area contributed by atoms with E-state index in [-0.39, 0.29) is 5.69 Å². The van der Waals surface area contributed by atoms with Crippen LogP contribution in [-0.2, 0) is 4.79 Å². The maximum atomic E-state index is 12.1. The molecule has 29 heavy (non-hydrogen) atoms. The standard InChI is InChI=1S/C21H15BrN4O3/c22-17-7-8-19(29-20(27)9-6-15-4-2-1-3-5-15)16(12-17)13-25-26-21(28)18-14-23-10-11-24-18/h1-14H,(H,26,28)/b9-6+,25-13-. The average Bonchev–Trinajstić information content (AvgIpc) is 2.75. The van der Waals surface area contributed by atoms with E-state index >= 15 is 0 Å². The molecule has 3 aromatic rings. The van der Waals surface area contributed by atoms with Crippen LogP contribution < -0.4 is 10.2 Å². The molecule has 0 fully saturated rings. The number of carbonyl (C=O) groups excluding carboxylic acids is 2. The van der Waals surface area contributed by atoms with E-state index < -0.39 is 11.9 Å². The van der Waals surface area contributed by atoms with Crippen molar-refractivity contribution in [2.75, 3.05) is 0 Å². The molecule has 144 valence electrons. The molecule has 0 aliphatic carbocycles. The lowest BCUT2D eigenvalue weighted by atomic mass is 10.2. The number of carbonyl (C=O) groups is 2. The van der Waals surface area contributed by atoms with Gasteiger partial charge in [0.05, 0.1) is 12.4 Å². The van der Waals surface area contributed by atoms with E-state index in [2.05, 4.69) is 36.4 Å². The van der Waals surface area contributed by atoms with Crippen LogP contribution in [0.25, 0.3) is 6.08 Å². The second-order valence-corrected chi connectivity index (χ2v) is 6.55. The third kappa shape index (κ3) is 6.18. The molecule has 3 rings (SSSR count). The number of nitrogens with zero attached hydrogens (tertiary/aromatic N) is 3. The molecule has 1 amide bonds. The van der Waals surface area contributed by atoms with Crippen molar-refractivity contribution in [1.82, 2.24) is 15.4 Å². The molecule has 2 aromatic carbocycles. The summed E-state index contributed by atoms with van der Waals surface area (Å²) in [6.07, 6.45) is 8.59. The van der Waals surface area contributed by atoms with Gasteiger partial charge in [0.1, 0.15) is 11.4 Å². The highest BCUT2D eigenvalue weighted by molar-refractivity contribution is 9.10. The minimum Gasteiger partial charge on any atom is -0.423 e. The molecule has 0 spiro atoms. The summed E-state index contributed by atoms with van der Waals surface area (Å²) in [7, 11) is 0. The number of ether oxygens (including phenoxy) is 1. The summed E-state index contributed by atoms with van der Waals surface area (Å²) in [5.74, 6) is -0.739. The normalized spacial score (nSPS) is 10.9. The lowest BCUT2D eigenvalue weighted by Crippen LogP contribution is -2.19. The minimum absolute atomic E-state index is 0.136. The van der Waals surface area contributed by atoms with E-state index in [0.29, 0.717) is 11.3 Å². The molecule has 0 unspecified atom stereocenters. The number of esters is 1. The zero-order valence-electron chi connectivity index (χ0n) is 15.0. The molecule has 0 aliphatic heterocycles. The van der Waals surface area contributed by atoms with Gasteiger partial charge in [-0.15, -0.1) is 0 Å². The van der Waals surface area contributed by atoms with Crippen LogP contribution in [0, 0.1) is 0 Å². The minimum atomic E-state index is -0.533. The number of hydrogen-bond donors (Lipinski definition) is 1. The smallest absolute Gasteiger partial charge is 0.336 e. The van der Waals surface area contributed by atoms with E-state index in [1.165, 1.54) is 30.9 Å². The van der Waals surface area contributed by atoms with Gasteiger partial charge in [0.2, 0.25) is 0 Å². The van der Waals surface area contributed by atoms with Crippen molar-refractivity contribution in [3.8, 4) is 5.75 Å². The lowest BCUT2D eigenvalue weighted by molar-refractivity contribution is -0.128. The van der Waals surface area contributed by atoms with Crippen LogP contribution in [0.2, 0.25) is 0 Å². The Balaban J connectivity index is 1.68. The Hall–Kier alpha value is -3.65. The van der Waals surface area contributed by atoms with Gasteiger partial charge in [0, 0.05) is 28.5 Å². The number of aromatic nitrogens is 2. The maximum absolute atomic E-state index is 12.1. The average molecular weight is 451 g/mol. The first kappa shape index (κ1) is 20.1. The Morgan fingerprint density at radius 3 is 2.69 bits per heavy atom. The molecule has 1 heterocycles. The van der Waals surface area contributed by atoms with E-state index in [0.717, 1.165) is 10.0 Å². The largest absolute Gasteiger partial charge is 0.423 e. The van der Waals surface area contributed by atoms with Gasteiger partial charge in [0.25, 0.3) is 5.91 Å². The Kier molecular flexibility index (Phi) is 6.96. The summed E-state index contributed by atoms with van der Waals surface area (Å²) in [6.45, 7) is 0. The predicted octanol–water partition coefficient (Wildman–Crippen LogP) is 3.62. The molecule has 0 aliphatic rings. The Morgan fingerprint density at radius 1 is 1.10 bits per heavy atom. The molecule has 0 saturated carbocycles. The molecule has 1 N–H and O–H groups in total. The highest BCUT2D eigenvalue weighted by Gasteiger charge is 2.08. The predicted molar refractivity (Wildman–Crippen MR) is 112 cm³/mol. The molecule has 1 aromatic heterocycles.